The van der Waals surface area contributed by atoms with Crippen LogP contribution < -0.4 is 0 Å². The number of rotatable bonds is 2. The second-order valence-corrected chi connectivity index (χ2v) is 8.61. The lowest BCUT2D eigenvalue weighted by Crippen LogP contribution is -2.35. The molecule has 0 fully saturated rings. The van der Waals surface area contributed by atoms with Crippen molar-refractivity contribution in [3.63, 3.8) is 0 Å². The van der Waals surface area contributed by atoms with Gasteiger partial charge in [0.05, 0.1) is 16.4 Å². The predicted molar refractivity (Wildman–Crippen MR) is 129 cm³/mol. The quantitative estimate of drug-likeness (QED) is 0.275. The number of aromatic nitrogens is 1. The highest BCUT2D eigenvalue weighted by Gasteiger charge is 2.41. The van der Waals surface area contributed by atoms with Gasteiger partial charge in [-0.2, -0.15) is 0 Å². The lowest BCUT2D eigenvalue weighted by molar-refractivity contribution is 0.591. The Bertz CT molecular complexity index is 1550. The van der Waals surface area contributed by atoms with Crippen molar-refractivity contribution in [1.29, 1.82) is 0 Å². The van der Waals surface area contributed by atoms with Gasteiger partial charge in [-0.15, -0.1) is 0 Å². The summed E-state index contributed by atoms with van der Waals surface area (Å²) in [4.78, 5) is 0. The van der Waals surface area contributed by atoms with E-state index in [1.807, 2.05) is 0 Å². The van der Waals surface area contributed by atoms with Gasteiger partial charge >= 0.3 is 0 Å². The van der Waals surface area contributed by atoms with Gasteiger partial charge in [0.25, 0.3) is 0 Å². The van der Waals surface area contributed by atoms with Crippen LogP contribution in [0.3, 0.4) is 0 Å². The first kappa shape index (κ1) is 16.9. The van der Waals surface area contributed by atoms with Gasteiger partial charge in [0, 0.05) is 22.9 Å². The molecule has 0 saturated heterocycles. The highest BCUT2D eigenvalue weighted by molar-refractivity contribution is 6.14. The average Bonchev–Trinajstić information content (AvgIpc) is 3.29. The van der Waals surface area contributed by atoms with Gasteiger partial charge in [-0.05, 0) is 34.2 Å². The van der Waals surface area contributed by atoms with Crippen LogP contribution >= 0.6 is 0 Å². The Labute approximate surface area is 181 Å². The summed E-state index contributed by atoms with van der Waals surface area (Å²) < 4.78 is 2.51. The lowest BCUT2D eigenvalue weighted by atomic mass is 9.65. The fourth-order valence-electron chi connectivity index (χ4n) is 5.87. The highest BCUT2D eigenvalue weighted by atomic mass is 14.9. The molecule has 0 bridgehead atoms. The highest BCUT2D eigenvalue weighted by Crippen LogP contribution is 2.49. The van der Waals surface area contributed by atoms with Crippen molar-refractivity contribution in [3.8, 4) is 0 Å². The minimum absolute atomic E-state index is 0.216. The predicted octanol–water partition coefficient (Wildman–Crippen LogP) is 7.14. The van der Waals surface area contributed by atoms with Gasteiger partial charge in [-0.1, -0.05) is 103 Å². The molecule has 31 heavy (non-hydrogen) atoms. The van der Waals surface area contributed by atoms with E-state index >= 15 is 0 Å². The van der Waals surface area contributed by atoms with Crippen molar-refractivity contribution in [3.05, 3.63) is 138 Å². The number of hydrogen-bond donors (Lipinski definition) is 0. The van der Waals surface area contributed by atoms with Crippen LogP contribution in [-0.2, 0) is 11.8 Å². The van der Waals surface area contributed by atoms with Gasteiger partial charge in [0.2, 0.25) is 0 Å². The smallest absolute Gasteiger partial charge is 0.0581 e. The van der Waals surface area contributed by atoms with Crippen molar-refractivity contribution in [2.75, 3.05) is 0 Å². The van der Waals surface area contributed by atoms with Crippen LogP contribution in [0, 0.1) is 0 Å². The number of para-hydroxylation sites is 1. The first-order valence-corrected chi connectivity index (χ1v) is 10.9. The maximum Gasteiger partial charge on any atom is 0.0581 e. The molecule has 0 atom stereocenters. The third kappa shape index (κ3) is 2.11. The summed E-state index contributed by atoms with van der Waals surface area (Å²) in [6.45, 7) is 0. The summed E-state index contributed by atoms with van der Waals surface area (Å²) in [6.07, 6.45) is 0.944. The summed E-state index contributed by atoms with van der Waals surface area (Å²) in [5, 5.41) is 3.98. The van der Waals surface area contributed by atoms with Crippen molar-refractivity contribution < 1.29 is 0 Å². The zero-order chi connectivity index (χ0) is 20.4. The van der Waals surface area contributed by atoms with Gasteiger partial charge in [0.1, 0.15) is 0 Å². The molecule has 1 aliphatic rings. The van der Waals surface area contributed by atoms with Crippen LogP contribution in [0.1, 0.15) is 22.4 Å². The Kier molecular flexibility index (Phi) is 3.32. The Hall–Kier alpha value is -3.84. The Morgan fingerprint density at radius 3 is 1.84 bits per heavy atom. The normalized spacial score (nSPS) is 14.6. The number of pyridine rings is 1. The van der Waals surface area contributed by atoms with E-state index in [-0.39, 0.29) is 5.41 Å². The molecule has 1 aliphatic heterocycles. The number of hydrogen-bond acceptors (Lipinski definition) is 0. The Morgan fingerprint density at radius 1 is 0.516 bits per heavy atom. The van der Waals surface area contributed by atoms with E-state index in [2.05, 4.69) is 120 Å². The van der Waals surface area contributed by atoms with Crippen molar-refractivity contribution in [2.45, 2.75) is 11.8 Å². The Morgan fingerprint density at radius 2 is 1.13 bits per heavy atom. The molecule has 1 nitrogen and oxygen atoms in total. The van der Waals surface area contributed by atoms with E-state index in [1.54, 1.807) is 0 Å². The second kappa shape index (κ2) is 6.09. The Balaban J connectivity index is 1.73. The van der Waals surface area contributed by atoms with E-state index in [0.29, 0.717) is 0 Å². The molecule has 0 saturated carbocycles. The van der Waals surface area contributed by atoms with Crippen LogP contribution in [0.2, 0.25) is 0 Å². The fourth-order valence-corrected chi connectivity index (χ4v) is 5.87. The average molecular weight is 396 g/mol. The molecule has 0 spiro atoms. The number of nitrogens with zero attached hydrogens (tertiary/aromatic N) is 1. The van der Waals surface area contributed by atoms with Crippen molar-refractivity contribution in [2.24, 2.45) is 0 Å². The van der Waals surface area contributed by atoms with E-state index in [1.165, 1.54) is 49.6 Å². The zero-order valence-corrected chi connectivity index (χ0v) is 17.1. The maximum atomic E-state index is 2.51. The first-order chi connectivity index (χ1) is 15.4. The van der Waals surface area contributed by atoms with E-state index < -0.39 is 0 Å². The summed E-state index contributed by atoms with van der Waals surface area (Å²) in [5.74, 6) is 0. The van der Waals surface area contributed by atoms with E-state index in [4.69, 9.17) is 0 Å². The third-order valence-electron chi connectivity index (χ3n) is 7.15. The third-order valence-corrected chi connectivity index (χ3v) is 7.15. The molecular formula is C30H21N. The van der Waals surface area contributed by atoms with Gasteiger partial charge in [0.15, 0.2) is 0 Å². The molecule has 3 heterocycles. The molecule has 0 N–H and O–H groups in total. The summed E-state index contributed by atoms with van der Waals surface area (Å²) in [5.41, 5.74) is 7.89. The molecule has 1 heteroatoms. The SMILES string of the molecule is c1ccc(C2(c3ccccc3)Cc3ccc4c5ccccc5c5cccc2c5n34)cc1. The molecule has 0 amide bonds. The van der Waals surface area contributed by atoms with E-state index in [0.717, 1.165) is 6.42 Å². The monoisotopic (exact) mass is 395 g/mol. The van der Waals surface area contributed by atoms with Crippen molar-refractivity contribution >= 4 is 27.2 Å². The van der Waals surface area contributed by atoms with Crippen LogP contribution in [0.5, 0.6) is 0 Å². The van der Waals surface area contributed by atoms with Crippen LogP contribution in [0.15, 0.2) is 115 Å². The largest absolute Gasteiger partial charge is 0.313 e. The van der Waals surface area contributed by atoms with Crippen LogP contribution in [-0.4, -0.2) is 4.40 Å². The maximum absolute atomic E-state index is 2.51. The molecule has 0 unspecified atom stereocenters. The minimum atomic E-state index is -0.216. The number of benzene rings is 4. The molecule has 4 aromatic carbocycles. The first-order valence-electron chi connectivity index (χ1n) is 10.9. The molecule has 0 radical (unpaired) electrons. The summed E-state index contributed by atoms with van der Waals surface area (Å²) >= 11 is 0. The lowest BCUT2D eigenvalue weighted by Gasteiger charge is -2.40. The van der Waals surface area contributed by atoms with Crippen molar-refractivity contribution in [1.82, 2.24) is 4.40 Å². The standard InChI is InChI=1S/C30H21N/c1-3-10-21(11-4-1)30(22-12-5-2-6-13-22)20-23-18-19-28-25-15-8-7-14-24(25)26-16-9-17-27(30)29(26)31(23)28/h1-19H,20H2. The molecular weight excluding hydrogens is 374 g/mol. The summed E-state index contributed by atoms with van der Waals surface area (Å²) in [7, 11) is 0. The minimum Gasteiger partial charge on any atom is -0.313 e. The zero-order valence-electron chi connectivity index (χ0n) is 17.1. The van der Waals surface area contributed by atoms with Crippen LogP contribution in [0.4, 0.5) is 0 Å². The molecule has 7 rings (SSSR count). The topological polar surface area (TPSA) is 4.41 Å². The molecule has 2 aromatic heterocycles. The van der Waals surface area contributed by atoms with Gasteiger partial charge < -0.3 is 4.40 Å². The molecule has 0 aliphatic carbocycles. The fraction of sp³-hybridized carbons (Fsp3) is 0.0667. The second-order valence-electron chi connectivity index (χ2n) is 8.61. The van der Waals surface area contributed by atoms with Gasteiger partial charge in [-0.3, -0.25) is 0 Å². The molecule has 6 aromatic rings. The van der Waals surface area contributed by atoms with E-state index in [9.17, 15) is 0 Å². The number of fused-ring (bicyclic) bond motifs is 3. The summed E-state index contributed by atoms with van der Waals surface area (Å²) in [6, 6.07) is 42.4. The van der Waals surface area contributed by atoms with Gasteiger partial charge in [-0.25, -0.2) is 0 Å². The van der Waals surface area contributed by atoms with Crippen LogP contribution in [0.25, 0.3) is 27.2 Å². The molecule has 146 valence electrons.